The predicted octanol–water partition coefficient (Wildman–Crippen LogP) is 2.51. The van der Waals surface area contributed by atoms with Gasteiger partial charge in [0, 0.05) is 6.04 Å². The van der Waals surface area contributed by atoms with Crippen molar-refractivity contribution >= 4 is 17.4 Å². The fraction of sp³-hybridized carbons (Fsp3) is 0.400. The van der Waals surface area contributed by atoms with Crippen LogP contribution in [0.2, 0.25) is 0 Å². The van der Waals surface area contributed by atoms with E-state index in [2.05, 4.69) is 34.3 Å². The summed E-state index contributed by atoms with van der Waals surface area (Å²) in [5.74, 6) is 0. The van der Waals surface area contributed by atoms with Crippen molar-refractivity contribution < 1.29 is 0 Å². The van der Waals surface area contributed by atoms with E-state index in [0.717, 1.165) is 0 Å². The highest BCUT2D eigenvalue weighted by Crippen LogP contribution is 2.11. The number of hydrogen-bond acceptors (Lipinski definition) is 2. The van der Waals surface area contributed by atoms with E-state index in [1.165, 1.54) is 24.9 Å². The Labute approximate surface area is 77.1 Å². The molecule has 0 spiro atoms. The molecule has 12 heavy (non-hydrogen) atoms. The molecule has 0 amide bonds. The molecule has 2 heterocycles. The van der Waals surface area contributed by atoms with Crippen LogP contribution in [0.15, 0.2) is 22.9 Å². The summed E-state index contributed by atoms with van der Waals surface area (Å²) >= 11 is 1.75. The molecule has 1 aromatic rings. The molecule has 1 aromatic heterocycles. The lowest BCUT2D eigenvalue weighted by molar-refractivity contribution is 0.730. The van der Waals surface area contributed by atoms with Crippen molar-refractivity contribution in [1.82, 2.24) is 5.32 Å². The summed E-state index contributed by atoms with van der Waals surface area (Å²) in [5.41, 5.74) is 1.33. The van der Waals surface area contributed by atoms with E-state index in [9.17, 15) is 0 Å². The Kier molecular flexibility index (Phi) is 2.59. The molecule has 1 atom stereocenters. The standard InChI is InChI=1S/C10H13NS/c1-2-10(11-6-1)4-3-9-5-7-12-8-9/h3-5,7-8,10-11H,1-2,6H2/b4-3+. The number of hydrogen-bond donors (Lipinski definition) is 1. The topological polar surface area (TPSA) is 12.0 Å². The molecular formula is C10H13NS. The smallest absolute Gasteiger partial charge is 0.0253 e. The van der Waals surface area contributed by atoms with Crippen LogP contribution in [0.4, 0.5) is 0 Å². The van der Waals surface area contributed by atoms with Crippen LogP contribution in [0.25, 0.3) is 6.08 Å². The molecule has 2 heteroatoms. The molecule has 1 unspecified atom stereocenters. The van der Waals surface area contributed by atoms with E-state index in [0.29, 0.717) is 6.04 Å². The normalized spacial score (nSPS) is 23.8. The Morgan fingerprint density at radius 2 is 2.58 bits per heavy atom. The lowest BCUT2D eigenvalue weighted by Gasteiger charge is -2.00. The third kappa shape index (κ3) is 1.96. The molecule has 1 aliphatic heterocycles. The lowest BCUT2D eigenvalue weighted by atomic mass is 10.2. The van der Waals surface area contributed by atoms with Crippen LogP contribution in [-0.4, -0.2) is 12.6 Å². The molecule has 2 rings (SSSR count). The van der Waals surface area contributed by atoms with Gasteiger partial charge in [-0.05, 0) is 41.8 Å². The Balaban J connectivity index is 1.93. The molecule has 1 nitrogen and oxygen atoms in total. The van der Waals surface area contributed by atoms with Crippen LogP contribution in [0, 0.1) is 0 Å². The van der Waals surface area contributed by atoms with E-state index in [1.807, 2.05) is 0 Å². The summed E-state index contributed by atoms with van der Waals surface area (Å²) in [4.78, 5) is 0. The van der Waals surface area contributed by atoms with Gasteiger partial charge in [-0.15, -0.1) is 0 Å². The zero-order valence-electron chi connectivity index (χ0n) is 6.99. The highest BCUT2D eigenvalue weighted by molar-refractivity contribution is 7.08. The van der Waals surface area contributed by atoms with Gasteiger partial charge in [-0.1, -0.05) is 12.2 Å². The van der Waals surface area contributed by atoms with Crippen molar-refractivity contribution in [1.29, 1.82) is 0 Å². The molecule has 0 radical (unpaired) electrons. The summed E-state index contributed by atoms with van der Waals surface area (Å²) in [5, 5.41) is 7.72. The fourth-order valence-electron chi connectivity index (χ4n) is 1.47. The minimum atomic E-state index is 0.616. The van der Waals surface area contributed by atoms with Crippen molar-refractivity contribution in [2.75, 3.05) is 6.54 Å². The van der Waals surface area contributed by atoms with E-state index >= 15 is 0 Å². The van der Waals surface area contributed by atoms with Gasteiger partial charge in [0.25, 0.3) is 0 Å². The molecule has 64 valence electrons. The number of thiophene rings is 1. The molecule has 0 saturated carbocycles. The van der Waals surface area contributed by atoms with Gasteiger partial charge in [0.1, 0.15) is 0 Å². The van der Waals surface area contributed by atoms with E-state index in [4.69, 9.17) is 0 Å². The van der Waals surface area contributed by atoms with Crippen LogP contribution in [0.5, 0.6) is 0 Å². The van der Waals surface area contributed by atoms with Crippen molar-refractivity contribution in [3.05, 3.63) is 28.5 Å². The maximum atomic E-state index is 3.44. The van der Waals surface area contributed by atoms with Crippen LogP contribution in [0.3, 0.4) is 0 Å². The first-order chi connectivity index (χ1) is 5.95. The van der Waals surface area contributed by atoms with Crippen molar-refractivity contribution in [2.45, 2.75) is 18.9 Å². The van der Waals surface area contributed by atoms with Gasteiger partial charge in [-0.2, -0.15) is 11.3 Å². The molecule has 0 aromatic carbocycles. The number of rotatable bonds is 2. The highest BCUT2D eigenvalue weighted by atomic mass is 32.1. The summed E-state index contributed by atoms with van der Waals surface area (Å²) < 4.78 is 0. The molecule has 0 bridgehead atoms. The lowest BCUT2D eigenvalue weighted by Crippen LogP contribution is -2.17. The summed E-state index contributed by atoms with van der Waals surface area (Å²) in [6.45, 7) is 1.18. The zero-order chi connectivity index (χ0) is 8.23. The summed E-state index contributed by atoms with van der Waals surface area (Å²) in [7, 11) is 0. The van der Waals surface area contributed by atoms with Gasteiger partial charge < -0.3 is 5.32 Å². The molecule has 0 aliphatic carbocycles. The molecular weight excluding hydrogens is 166 g/mol. The Morgan fingerprint density at radius 1 is 1.58 bits per heavy atom. The first-order valence-electron chi connectivity index (χ1n) is 4.39. The van der Waals surface area contributed by atoms with Crippen molar-refractivity contribution in [3.8, 4) is 0 Å². The minimum Gasteiger partial charge on any atom is -0.311 e. The average Bonchev–Trinajstić information content (AvgIpc) is 2.74. The second-order valence-corrected chi connectivity index (χ2v) is 3.90. The molecule has 1 fully saturated rings. The number of nitrogens with one attached hydrogen (secondary N) is 1. The van der Waals surface area contributed by atoms with Gasteiger partial charge in [-0.3, -0.25) is 0 Å². The Bertz CT molecular complexity index is 245. The van der Waals surface area contributed by atoms with Crippen LogP contribution >= 0.6 is 11.3 Å². The van der Waals surface area contributed by atoms with Gasteiger partial charge in [0.15, 0.2) is 0 Å². The van der Waals surface area contributed by atoms with Crippen LogP contribution in [-0.2, 0) is 0 Å². The van der Waals surface area contributed by atoms with E-state index < -0.39 is 0 Å². The maximum Gasteiger partial charge on any atom is 0.0253 e. The molecule has 1 N–H and O–H groups in total. The van der Waals surface area contributed by atoms with Gasteiger partial charge >= 0.3 is 0 Å². The second-order valence-electron chi connectivity index (χ2n) is 3.12. The minimum absolute atomic E-state index is 0.616. The maximum absolute atomic E-state index is 3.44. The first-order valence-corrected chi connectivity index (χ1v) is 5.33. The fourth-order valence-corrected chi connectivity index (χ4v) is 2.10. The van der Waals surface area contributed by atoms with E-state index in [-0.39, 0.29) is 0 Å². The van der Waals surface area contributed by atoms with Crippen LogP contribution in [0.1, 0.15) is 18.4 Å². The van der Waals surface area contributed by atoms with Gasteiger partial charge in [0.2, 0.25) is 0 Å². The molecule has 1 saturated heterocycles. The third-order valence-electron chi connectivity index (χ3n) is 2.16. The Hall–Kier alpha value is -0.600. The Morgan fingerprint density at radius 3 is 3.25 bits per heavy atom. The third-order valence-corrected chi connectivity index (χ3v) is 2.86. The van der Waals surface area contributed by atoms with Gasteiger partial charge in [0.05, 0.1) is 0 Å². The van der Waals surface area contributed by atoms with Crippen molar-refractivity contribution in [2.24, 2.45) is 0 Å². The molecule has 1 aliphatic rings. The van der Waals surface area contributed by atoms with Gasteiger partial charge in [-0.25, -0.2) is 0 Å². The van der Waals surface area contributed by atoms with E-state index in [1.54, 1.807) is 11.3 Å². The second kappa shape index (κ2) is 3.87. The van der Waals surface area contributed by atoms with Crippen molar-refractivity contribution in [3.63, 3.8) is 0 Å². The van der Waals surface area contributed by atoms with Crippen LogP contribution < -0.4 is 5.32 Å². The SMILES string of the molecule is C(=C\C1CCCN1)/c1ccsc1. The predicted molar refractivity (Wildman–Crippen MR) is 54.4 cm³/mol. The monoisotopic (exact) mass is 179 g/mol. The largest absolute Gasteiger partial charge is 0.311 e. The first kappa shape index (κ1) is 8.02. The highest BCUT2D eigenvalue weighted by Gasteiger charge is 2.09. The zero-order valence-corrected chi connectivity index (χ0v) is 7.81. The quantitative estimate of drug-likeness (QED) is 0.735. The summed E-state index contributed by atoms with van der Waals surface area (Å²) in [6.07, 6.45) is 7.09. The summed E-state index contributed by atoms with van der Waals surface area (Å²) in [6, 6.07) is 2.76. The average molecular weight is 179 g/mol.